The van der Waals surface area contributed by atoms with Crippen LogP contribution in [0, 0.1) is 17.6 Å². The standard InChI is InChI=1S/C28H27F2N2OSi/c1-3-5-25(33)27-26(20-6-4-11-31-28(20)34)22-14-17(21-12-16(21)2)7-10-24(22)32(27)15-18-13-19(29)8-9-23(18)30/h4,6-11,13-14,16,21,26-27H,3,5,12,15H2,1-2H3/t16-,21+,26?,27?/m1/s1. The number of aromatic nitrogens is 1. The van der Waals surface area contributed by atoms with Crippen molar-refractivity contribution in [3.8, 4) is 0 Å². The molecule has 1 aromatic heterocycles. The van der Waals surface area contributed by atoms with Crippen molar-refractivity contribution in [1.82, 2.24) is 4.98 Å². The van der Waals surface area contributed by atoms with E-state index in [1.165, 1.54) is 11.6 Å². The lowest BCUT2D eigenvalue weighted by molar-refractivity contribution is -0.120. The number of nitrogens with zero attached hydrogens (tertiary/aromatic N) is 2. The first-order valence-corrected chi connectivity index (χ1v) is 12.4. The van der Waals surface area contributed by atoms with Crippen LogP contribution in [0.3, 0.4) is 0 Å². The van der Waals surface area contributed by atoms with Gasteiger partial charge >= 0.3 is 0 Å². The largest absolute Gasteiger partial charge is 0.356 e. The number of hydrogen-bond donors (Lipinski definition) is 0. The first kappa shape index (κ1) is 22.9. The fourth-order valence-corrected chi connectivity index (χ4v) is 5.71. The lowest BCUT2D eigenvalue weighted by Crippen LogP contribution is -2.42. The minimum absolute atomic E-state index is 0.0942. The highest BCUT2D eigenvalue weighted by Gasteiger charge is 2.45. The molecule has 0 N–H and O–H groups in total. The second-order valence-electron chi connectivity index (χ2n) is 9.58. The quantitative estimate of drug-likeness (QED) is 0.444. The van der Waals surface area contributed by atoms with E-state index < -0.39 is 17.7 Å². The predicted molar refractivity (Wildman–Crippen MR) is 131 cm³/mol. The zero-order chi connectivity index (χ0) is 24.0. The maximum Gasteiger partial charge on any atom is 0.156 e. The van der Waals surface area contributed by atoms with Crippen LogP contribution in [0.15, 0.2) is 54.7 Å². The number of pyridine rings is 1. The van der Waals surface area contributed by atoms with Gasteiger partial charge in [0.05, 0.1) is 16.3 Å². The highest BCUT2D eigenvalue weighted by atomic mass is 28.1. The van der Waals surface area contributed by atoms with Crippen molar-refractivity contribution in [1.29, 1.82) is 0 Å². The molecule has 2 heterocycles. The van der Waals surface area contributed by atoms with Crippen LogP contribution in [-0.4, -0.2) is 27.1 Å². The molecule has 5 rings (SSSR count). The van der Waals surface area contributed by atoms with Gasteiger partial charge in [-0.3, -0.25) is 9.78 Å². The van der Waals surface area contributed by atoms with Crippen molar-refractivity contribution in [2.75, 3.05) is 4.90 Å². The van der Waals surface area contributed by atoms with Crippen LogP contribution in [0.2, 0.25) is 0 Å². The van der Waals surface area contributed by atoms with Crippen molar-refractivity contribution in [3.05, 3.63) is 88.6 Å². The molecule has 1 aliphatic heterocycles. The summed E-state index contributed by atoms with van der Waals surface area (Å²) >= 11 is 0. The summed E-state index contributed by atoms with van der Waals surface area (Å²) in [5.41, 5.74) is 4.39. The van der Waals surface area contributed by atoms with Gasteiger partial charge < -0.3 is 4.90 Å². The minimum Gasteiger partial charge on any atom is -0.356 e. The Morgan fingerprint density at radius 2 is 1.94 bits per heavy atom. The molecule has 3 nitrogen and oxygen atoms in total. The van der Waals surface area contributed by atoms with Crippen LogP contribution >= 0.6 is 0 Å². The Balaban J connectivity index is 1.67. The molecule has 2 unspecified atom stereocenters. The Bertz CT molecular complexity index is 1250. The van der Waals surface area contributed by atoms with Gasteiger partial charge in [0.2, 0.25) is 0 Å². The lowest BCUT2D eigenvalue weighted by Gasteiger charge is -2.30. The van der Waals surface area contributed by atoms with Gasteiger partial charge in [-0.25, -0.2) is 8.78 Å². The van der Waals surface area contributed by atoms with E-state index in [1.54, 1.807) is 6.20 Å². The summed E-state index contributed by atoms with van der Waals surface area (Å²) in [5, 5.41) is 0.691. The Labute approximate surface area is 202 Å². The van der Waals surface area contributed by atoms with Gasteiger partial charge in [0.25, 0.3) is 0 Å². The number of Topliss-reactive ketones (excluding diaryl/α,β-unsaturated/α-hetero) is 1. The van der Waals surface area contributed by atoms with E-state index in [4.69, 9.17) is 0 Å². The number of anilines is 1. The summed E-state index contributed by atoms with van der Waals surface area (Å²) in [5.74, 6) is 0.0629. The SMILES string of the molecule is CCCC(=O)C1C(c2cccnc2[Si])c2cc([C@H]3C[C@H]3C)ccc2N1Cc1cc(F)ccc1F. The molecule has 1 fully saturated rings. The molecule has 0 amide bonds. The second-order valence-corrected chi connectivity index (χ2v) is 10.1. The average molecular weight is 474 g/mol. The van der Waals surface area contributed by atoms with Crippen molar-refractivity contribution in [3.63, 3.8) is 0 Å². The summed E-state index contributed by atoms with van der Waals surface area (Å²) in [6, 6.07) is 13.3. The van der Waals surface area contributed by atoms with Gasteiger partial charge in [-0.2, -0.15) is 0 Å². The Kier molecular flexibility index (Phi) is 6.10. The number of rotatable bonds is 7. The molecular formula is C28H27F2N2OSi. The number of fused-ring (bicyclic) bond motifs is 1. The first-order valence-electron chi connectivity index (χ1n) is 11.9. The molecule has 1 saturated carbocycles. The topological polar surface area (TPSA) is 33.2 Å². The molecular weight excluding hydrogens is 446 g/mol. The third-order valence-corrected chi connectivity index (χ3v) is 7.65. The van der Waals surface area contributed by atoms with E-state index in [9.17, 15) is 13.6 Å². The predicted octanol–water partition coefficient (Wildman–Crippen LogP) is 5.17. The Morgan fingerprint density at radius 3 is 2.65 bits per heavy atom. The van der Waals surface area contributed by atoms with Crippen LogP contribution in [0.5, 0.6) is 0 Å². The van der Waals surface area contributed by atoms with E-state index in [0.717, 1.165) is 41.8 Å². The molecule has 4 atom stereocenters. The van der Waals surface area contributed by atoms with Crippen molar-refractivity contribution in [2.24, 2.45) is 5.92 Å². The monoisotopic (exact) mass is 473 g/mol. The molecule has 173 valence electrons. The van der Waals surface area contributed by atoms with E-state index in [0.29, 0.717) is 23.6 Å². The van der Waals surface area contributed by atoms with Crippen LogP contribution in [0.1, 0.15) is 67.2 Å². The van der Waals surface area contributed by atoms with E-state index in [1.807, 2.05) is 24.0 Å². The molecule has 0 spiro atoms. The summed E-state index contributed by atoms with van der Waals surface area (Å²) < 4.78 is 28.7. The normalized spacial score (nSPS) is 23.1. The minimum atomic E-state index is -0.524. The van der Waals surface area contributed by atoms with Gasteiger partial charge in [0.1, 0.15) is 11.6 Å². The van der Waals surface area contributed by atoms with Crippen molar-refractivity contribution >= 4 is 27.0 Å². The summed E-state index contributed by atoms with van der Waals surface area (Å²) in [6.45, 7) is 4.35. The number of ketones is 1. The number of carbonyl (C=O) groups is 1. The van der Waals surface area contributed by atoms with Crippen LogP contribution in [0.25, 0.3) is 0 Å². The summed E-state index contributed by atoms with van der Waals surface area (Å²) in [6.07, 6.45) is 4.02. The van der Waals surface area contributed by atoms with Gasteiger partial charge in [0, 0.05) is 41.6 Å². The van der Waals surface area contributed by atoms with Crippen LogP contribution in [-0.2, 0) is 11.3 Å². The smallest absolute Gasteiger partial charge is 0.156 e. The summed E-state index contributed by atoms with van der Waals surface area (Å²) in [4.78, 5) is 20.0. The van der Waals surface area contributed by atoms with Gasteiger partial charge in [0.15, 0.2) is 5.78 Å². The fourth-order valence-electron chi connectivity index (χ4n) is 5.39. The molecule has 3 radical (unpaired) electrons. The molecule has 0 saturated heterocycles. The first-order chi connectivity index (χ1) is 16.4. The van der Waals surface area contributed by atoms with E-state index in [-0.39, 0.29) is 23.8 Å². The average Bonchev–Trinajstić information content (AvgIpc) is 3.47. The third kappa shape index (κ3) is 4.09. The van der Waals surface area contributed by atoms with Crippen LogP contribution in [0.4, 0.5) is 14.5 Å². The Hall–Kier alpha value is -2.86. The zero-order valence-electron chi connectivity index (χ0n) is 19.4. The number of halogens is 2. The maximum absolute atomic E-state index is 14.7. The van der Waals surface area contributed by atoms with Crippen molar-refractivity contribution in [2.45, 2.75) is 57.5 Å². The summed E-state index contributed by atoms with van der Waals surface area (Å²) in [7, 11) is 3.66. The number of hydrogen-bond acceptors (Lipinski definition) is 3. The second kappa shape index (κ2) is 9.06. The molecule has 6 heteroatoms. The van der Waals surface area contributed by atoms with Crippen molar-refractivity contribution < 1.29 is 13.6 Å². The molecule has 2 aromatic carbocycles. The zero-order valence-corrected chi connectivity index (χ0v) is 20.4. The van der Waals surface area contributed by atoms with E-state index in [2.05, 4.69) is 40.3 Å². The Morgan fingerprint density at radius 1 is 1.15 bits per heavy atom. The third-order valence-electron chi connectivity index (χ3n) is 7.23. The highest BCUT2D eigenvalue weighted by molar-refractivity contribution is 6.31. The van der Waals surface area contributed by atoms with Gasteiger partial charge in [-0.1, -0.05) is 32.0 Å². The van der Waals surface area contributed by atoms with Crippen LogP contribution < -0.4 is 10.2 Å². The lowest BCUT2D eigenvalue weighted by atomic mass is 9.84. The number of benzene rings is 2. The molecule has 3 aromatic rings. The number of carbonyl (C=O) groups excluding carboxylic acids is 1. The van der Waals surface area contributed by atoms with Gasteiger partial charge in [-0.05, 0) is 71.7 Å². The fraction of sp³-hybridized carbons (Fsp3) is 0.357. The maximum atomic E-state index is 14.7. The highest BCUT2D eigenvalue weighted by Crippen LogP contribution is 2.51. The van der Waals surface area contributed by atoms with E-state index >= 15 is 0 Å². The molecule has 2 aliphatic rings. The molecule has 0 bridgehead atoms. The van der Waals surface area contributed by atoms with Gasteiger partial charge in [-0.15, -0.1) is 0 Å². The molecule has 1 aliphatic carbocycles. The molecule has 34 heavy (non-hydrogen) atoms.